The van der Waals surface area contributed by atoms with Crippen LogP contribution in [0.5, 0.6) is 5.75 Å². The van der Waals surface area contributed by atoms with Gasteiger partial charge in [-0.05, 0) is 44.5 Å². The van der Waals surface area contributed by atoms with Gasteiger partial charge in [0.15, 0.2) is 0 Å². The number of benzene rings is 1. The molecule has 0 aliphatic carbocycles. The van der Waals surface area contributed by atoms with E-state index in [1.54, 1.807) is 19.1 Å². The average molecular weight is 396 g/mol. The molecule has 0 bridgehead atoms. The minimum absolute atomic E-state index is 0.151. The third-order valence-electron chi connectivity index (χ3n) is 4.53. The van der Waals surface area contributed by atoms with E-state index in [1.807, 2.05) is 0 Å². The summed E-state index contributed by atoms with van der Waals surface area (Å²) in [6, 6.07) is 5.60. The summed E-state index contributed by atoms with van der Waals surface area (Å²) in [5.41, 5.74) is 5.45. The Morgan fingerprint density at radius 3 is 2.39 bits per heavy atom. The molecule has 1 atom stereocenters. The van der Waals surface area contributed by atoms with E-state index in [0.29, 0.717) is 17.0 Å². The van der Waals surface area contributed by atoms with Crippen LogP contribution < -0.4 is 10.5 Å². The van der Waals surface area contributed by atoms with Crippen molar-refractivity contribution in [1.29, 1.82) is 0 Å². The van der Waals surface area contributed by atoms with Crippen molar-refractivity contribution in [3.8, 4) is 17.0 Å². The molecule has 0 saturated heterocycles. The summed E-state index contributed by atoms with van der Waals surface area (Å²) >= 11 is 0. The third-order valence-corrected chi connectivity index (χ3v) is 4.53. The topological polar surface area (TPSA) is 63.9 Å². The van der Waals surface area contributed by atoms with E-state index in [2.05, 4.69) is 24.0 Å². The van der Waals surface area contributed by atoms with E-state index < -0.39 is 17.3 Å². The average Bonchev–Trinajstić information content (AvgIpc) is 3.11. The molecule has 1 aromatic carbocycles. The summed E-state index contributed by atoms with van der Waals surface area (Å²) in [7, 11) is 0. The van der Waals surface area contributed by atoms with Crippen molar-refractivity contribution in [3.63, 3.8) is 0 Å². The number of aromatic nitrogens is 2. The molecule has 4 nitrogen and oxygen atoms in total. The number of rotatable bonds is 10. The van der Waals surface area contributed by atoms with Crippen molar-refractivity contribution in [2.24, 2.45) is 5.73 Å². The summed E-state index contributed by atoms with van der Waals surface area (Å²) in [6.07, 6.45) is 1.76. The number of aromatic amines is 1. The monoisotopic (exact) mass is 396 g/mol. The van der Waals surface area contributed by atoms with Crippen LogP contribution in [0.15, 0.2) is 24.3 Å². The Kier molecular flexibility index (Phi) is 7.52. The van der Waals surface area contributed by atoms with Gasteiger partial charge in [-0.2, -0.15) is 18.3 Å². The van der Waals surface area contributed by atoms with Gasteiger partial charge >= 0.3 is 6.18 Å². The van der Waals surface area contributed by atoms with Gasteiger partial charge in [-0.1, -0.05) is 39.0 Å². The summed E-state index contributed by atoms with van der Waals surface area (Å²) in [5.74, 6) is -0.151. The maximum Gasteiger partial charge on any atom is 0.419 e. The first-order chi connectivity index (χ1) is 13.1. The summed E-state index contributed by atoms with van der Waals surface area (Å²) in [5, 5.41) is 6.79. The zero-order valence-electron chi connectivity index (χ0n) is 16.5. The summed E-state index contributed by atoms with van der Waals surface area (Å²) in [6.45, 7) is 7.89. The number of hydrogen-bond donors (Lipinski definition) is 2. The van der Waals surface area contributed by atoms with Crippen molar-refractivity contribution in [2.75, 3.05) is 6.61 Å². The van der Waals surface area contributed by atoms with Crippen LogP contribution in [-0.2, 0) is 11.7 Å². The first-order valence-electron chi connectivity index (χ1n) is 9.67. The van der Waals surface area contributed by atoms with Crippen LogP contribution in [0.1, 0.15) is 63.6 Å². The van der Waals surface area contributed by atoms with Crippen molar-refractivity contribution in [3.05, 3.63) is 42.4 Å². The first-order valence-corrected chi connectivity index (χ1v) is 9.67. The molecule has 0 amide bonds. The van der Waals surface area contributed by atoms with Gasteiger partial charge in [0.25, 0.3) is 0 Å². The van der Waals surface area contributed by atoms with Gasteiger partial charge in [-0.3, -0.25) is 5.10 Å². The fourth-order valence-corrected chi connectivity index (χ4v) is 2.86. The predicted octanol–water partition coefficient (Wildman–Crippen LogP) is 5.84. The van der Waals surface area contributed by atoms with Crippen LogP contribution in [-0.4, -0.2) is 16.8 Å². The molecule has 2 rings (SSSR count). The van der Waals surface area contributed by atoms with Gasteiger partial charge in [-0.15, -0.1) is 0 Å². The number of ether oxygens (including phenoxy) is 1. The normalized spacial score (nSPS) is 12.4. The molecule has 0 aliphatic heterocycles. The Bertz CT molecular complexity index is 748. The minimum atomic E-state index is -4.51. The second-order valence-corrected chi connectivity index (χ2v) is 7.41. The molecule has 0 aliphatic rings. The number of halogens is 3. The number of nitrogens with zero attached hydrogens (tertiary/aromatic N) is 1. The second-order valence-electron chi connectivity index (χ2n) is 7.41. The molecule has 1 radical (unpaired) electrons. The number of unbranched alkanes of at least 4 members (excludes halogenated alkanes) is 5. The van der Waals surface area contributed by atoms with E-state index in [0.717, 1.165) is 38.2 Å². The molecule has 0 unspecified atom stereocenters. The Morgan fingerprint density at radius 2 is 1.79 bits per heavy atom. The number of nitrogens with one attached hydrogen (secondary N) is 1. The highest BCUT2D eigenvalue weighted by atomic mass is 19.4. The molecule has 2 aromatic rings. The van der Waals surface area contributed by atoms with E-state index in [1.165, 1.54) is 12.5 Å². The Labute approximate surface area is 164 Å². The number of alkyl halides is 3. The maximum absolute atomic E-state index is 13.5. The highest BCUT2D eigenvalue weighted by Crippen LogP contribution is 2.39. The van der Waals surface area contributed by atoms with Gasteiger partial charge in [0.2, 0.25) is 0 Å². The minimum Gasteiger partial charge on any atom is -0.493 e. The van der Waals surface area contributed by atoms with Crippen LogP contribution in [0.25, 0.3) is 11.3 Å². The Hall–Kier alpha value is -2.02. The van der Waals surface area contributed by atoms with Crippen LogP contribution in [0.2, 0.25) is 0 Å². The van der Waals surface area contributed by atoms with Crippen LogP contribution in [0, 0.1) is 6.92 Å². The molecular formula is C21H29F3N3O. The van der Waals surface area contributed by atoms with E-state index in [-0.39, 0.29) is 12.4 Å². The van der Waals surface area contributed by atoms with Crippen molar-refractivity contribution >= 4 is 0 Å². The number of hydrogen-bond acceptors (Lipinski definition) is 3. The molecule has 7 heteroatoms. The van der Waals surface area contributed by atoms with Crippen molar-refractivity contribution < 1.29 is 17.9 Å². The van der Waals surface area contributed by atoms with Crippen LogP contribution in [0.3, 0.4) is 0 Å². The van der Waals surface area contributed by atoms with E-state index in [9.17, 15) is 13.2 Å². The lowest BCUT2D eigenvalue weighted by atomic mass is 10.0. The lowest BCUT2D eigenvalue weighted by molar-refractivity contribution is -0.138. The molecular weight excluding hydrogens is 367 g/mol. The van der Waals surface area contributed by atoms with Gasteiger partial charge in [0, 0.05) is 5.56 Å². The van der Waals surface area contributed by atoms with Crippen molar-refractivity contribution in [1.82, 2.24) is 10.2 Å². The number of H-pyrrole nitrogens is 1. The highest BCUT2D eigenvalue weighted by Gasteiger charge is 2.35. The molecule has 155 valence electrons. The zero-order chi connectivity index (χ0) is 20.8. The van der Waals surface area contributed by atoms with Gasteiger partial charge in [0.1, 0.15) is 5.75 Å². The zero-order valence-corrected chi connectivity index (χ0v) is 16.5. The molecule has 3 N–H and O–H groups in total. The SMILES string of the molecule is [CH2][C@](C)(N)c1cc(-c2ccc(OCCCCCCCC)c(C(F)(F)F)c2)n[nH]1. The lowest BCUT2D eigenvalue weighted by Gasteiger charge is -2.15. The quantitative estimate of drug-likeness (QED) is 0.496. The summed E-state index contributed by atoms with van der Waals surface area (Å²) < 4.78 is 46.0. The molecule has 0 saturated carbocycles. The second kappa shape index (κ2) is 9.45. The Morgan fingerprint density at radius 1 is 1.11 bits per heavy atom. The van der Waals surface area contributed by atoms with Crippen molar-refractivity contribution in [2.45, 2.75) is 64.1 Å². The van der Waals surface area contributed by atoms with E-state index in [4.69, 9.17) is 10.5 Å². The Balaban J connectivity index is 2.10. The molecule has 1 heterocycles. The molecule has 0 spiro atoms. The maximum atomic E-state index is 13.5. The number of nitrogens with two attached hydrogens (primary N) is 1. The molecule has 1 aromatic heterocycles. The van der Waals surface area contributed by atoms with Crippen LogP contribution in [0.4, 0.5) is 13.2 Å². The smallest absolute Gasteiger partial charge is 0.419 e. The largest absolute Gasteiger partial charge is 0.493 e. The highest BCUT2D eigenvalue weighted by molar-refractivity contribution is 5.63. The third kappa shape index (κ3) is 6.26. The fraction of sp³-hybridized carbons (Fsp3) is 0.524. The fourth-order valence-electron chi connectivity index (χ4n) is 2.86. The predicted molar refractivity (Wildman–Crippen MR) is 105 cm³/mol. The van der Waals surface area contributed by atoms with E-state index >= 15 is 0 Å². The standard InChI is InChI=1S/C21H29F3N3O/c1-4-5-6-7-8-9-12-28-18-11-10-15(13-16(18)21(22,23)24)17-14-19(27-26-17)20(2,3)25/h10-11,13-14H,2,4-9,12,25H2,1,3H3,(H,26,27)/t20-/m1/s1. The van der Waals surface area contributed by atoms with Gasteiger partial charge in [0.05, 0.1) is 29.1 Å². The van der Waals surface area contributed by atoms with Gasteiger partial charge < -0.3 is 10.5 Å². The van der Waals surface area contributed by atoms with Crippen LogP contribution >= 0.6 is 0 Å². The van der Waals surface area contributed by atoms with Gasteiger partial charge in [-0.25, -0.2) is 0 Å². The first kappa shape index (κ1) is 22.3. The molecule has 0 fully saturated rings. The summed E-state index contributed by atoms with van der Waals surface area (Å²) in [4.78, 5) is 0. The lowest BCUT2D eigenvalue weighted by Crippen LogP contribution is -2.29. The molecule has 28 heavy (non-hydrogen) atoms.